The van der Waals surface area contributed by atoms with Gasteiger partial charge in [0.15, 0.2) is 11.7 Å². The zero-order valence-corrected chi connectivity index (χ0v) is 80.4. The van der Waals surface area contributed by atoms with Crippen LogP contribution < -0.4 is 75.1 Å². The number of unbranched alkanes of at least 4 members (excludes halogenated alkanes) is 2. The number of aliphatic hydroxyl groups is 1. The summed E-state index contributed by atoms with van der Waals surface area (Å²) in [6.07, 6.45) is 6.03. The number of H-pyrrole nitrogens is 3. The highest BCUT2D eigenvalue weighted by atomic mass is 32.2. The van der Waals surface area contributed by atoms with E-state index in [1.807, 2.05) is 13.8 Å². The van der Waals surface area contributed by atoms with Crippen molar-refractivity contribution in [3.05, 3.63) is 120 Å². The first-order valence-corrected chi connectivity index (χ1v) is 48.6. The number of primary amides is 2. The Balaban J connectivity index is 0.0000259. The number of Topliss-reactive ketones (excluding diaryl/α,β-unsaturated/α-hetero) is 1. The number of amides is 16. The molecule has 5 heterocycles. The molecule has 13 atom stereocenters. The van der Waals surface area contributed by atoms with Crippen LogP contribution in [0.3, 0.4) is 0 Å². The Morgan fingerprint density at radius 1 is 0.587 bits per heavy atom. The van der Waals surface area contributed by atoms with Crippen LogP contribution in [-0.4, -0.2) is 315 Å². The molecule has 0 radical (unpaired) electrons. The average Bonchev–Trinajstić information content (AvgIpc) is 1.54. The number of aromatic amines is 3. The molecule has 754 valence electrons. The summed E-state index contributed by atoms with van der Waals surface area (Å²) in [5.74, 6) is -18.7. The summed E-state index contributed by atoms with van der Waals surface area (Å²) < 4.78 is 26.7. The van der Waals surface area contributed by atoms with Gasteiger partial charge in [0.2, 0.25) is 105 Å². The number of carbonyl (C=O) groups excluding carboxylic acids is 17. The van der Waals surface area contributed by atoms with Crippen LogP contribution in [0.4, 0.5) is 5.69 Å². The molecule has 2 aliphatic heterocycles. The number of guanidine groups is 1. The number of aromatic nitrogens is 4. The van der Waals surface area contributed by atoms with E-state index >= 15 is 28.8 Å². The van der Waals surface area contributed by atoms with Gasteiger partial charge in [0.1, 0.15) is 72.5 Å². The SMILES string of the molecule is C.CCCC[C@H]1C(=O)N(C)[C@@H](CCCC)C(=O)N[C@@H](CCCNC(=N)N)C(=O)N[C@H](C(=O)NCC(N)=O)CSCC(=O)N[C@@H](Cc2ccc(NS(C)(=O)=O)cc2)C(=O)N(C)[C@@H](C)C(=O)N[C@@H](CC(N)=O)C(=O)N2CCC[C@H]2C(=O)N[C@@H](Cc2cnc[nH]2)C(=O)N[C@@H](CC(C)C)C(=O)N(C)CC(=O)C[C@@H](Cc2c[nH]c3ccccc23)C(=O)N[C@@H](CO)C(=O)N[C@@H](Cc2c[nH]c3ccccc23)C(=O)N1C. The van der Waals surface area contributed by atoms with Crippen LogP contribution in [0, 0.1) is 17.2 Å². The number of nitrogens with two attached hydrogens (primary N) is 3. The third kappa shape index (κ3) is 32.9. The second-order valence-electron chi connectivity index (χ2n) is 35.1. The summed E-state index contributed by atoms with van der Waals surface area (Å²) in [5.41, 5.74) is 20.0. The largest absolute Gasteiger partial charge is 0.394 e. The average molecular weight is 1960 g/mol. The number of nitrogens with zero attached hydrogens (tertiary/aromatic N) is 6. The Labute approximate surface area is 805 Å². The fourth-order valence-electron chi connectivity index (χ4n) is 16.4. The maximum Gasteiger partial charge on any atom is 0.246 e. The first kappa shape index (κ1) is 111. The van der Waals surface area contributed by atoms with Gasteiger partial charge in [0.25, 0.3) is 0 Å². The number of sulfonamides is 1. The van der Waals surface area contributed by atoms with E-state index in [1.54, 1.807) is 74.8 Å². The zero-order valence-electron chi connectivity index (χ0n) is 78.7. The molecule has 22 N–H and O–H groups in total. The third-order valence-corrected chi connectivity index (χ3v) is 25.5. The van der Waals surface area contributed by atoms with Crippen molar-refractivity contribution in [2.75, 3.05) is 83.5 Å². The highest BCUT2D eigenvalue weighted by Crippen LogP contribution is 2.28. The normalized spacial score (nSPS) is 23.1. The van der Waals surface area contributed by atoms with E-state index in [-0.39, 0.29) is 103 Å². The van der Waals surface area contributed by atoms with Crippen molar-refractivity contribution >= 4 is 156 Å². The number of hydrogen-bond acceptors (Lipinski definition) is 23. The van der Waals surface area contributed by atoms with Gasteiger partial charge in [0.05, 0.1) is 44.5 Å². The lowest BCUT2D eigenvalue weighted by atomic mass is 9.92. The summed E-state index contributed by atoms with van der Waals surface area (Å²) in [4.78, 5) is 268. The number of hydrogen-bond donors (Lipinski definition) is 19. The minimum Gasteiger partial charge on any atom is -0.394 e. The number of thioether (sulfide) groups is 1. The van der Waals surface area contributed by atoms with Gasteiger partial charge in [0, 0.05) is 130 Å². The van der Waals surface area contributed by atoms with Gasteiger partial charge in [-0.3, -0.25) is 91.6 Å². The van der Waals surface area contributed by atoms with Crippen molar-refractivity contribution in [2.45, 2.75) is 224 Å². The maximum atomic E-state index is 15.7. The molecule has 3 aromatic carbocycles. The maximum absolute atomic E-state index is 15.7. The molecule has 0 saturated carbocycles. The van der Waals surface area contributed by atoms with Crippen molar-refractivity contribution in [3.63, 3.8) is 0 Å². The van der Waals surface area contributed by atoms with Crippen LogP contribution in [0.1, 0.15) is 148 Å². The van der Waals surface area contributed by atoms with Crippen LogP contribution in [0.5, 0.6) is 0 Å². The monoisotopic (exact) mass is 1960 g/mol. The van der Waals surface area contributed by atoms with Crippen LogP contribution in [0.15, 0.2) is 97.7 Å². The molecular formula is C92H134N24O20S2. The number of benzene rings is 3. The number of carbonyl (C=O) groups is 17. The first-order chi connectivity index (χ1) is 65.0. The van der Waals surface area contributed by atoms with Crippen LogP contribution in [0.25, 0.3) is 21.8 Å². The van der Waals surface area contributed by atoms with E-state index in [9.17, 15) is 66.3 Å². The van der Waals surface area contributed by atoms with E-state index in [2.05, 4.69) is 77.8 Å². The number of nitrogens with one attached hydrogen (secondary N) is 15. The molecule has 0 unspecified atom stereocenters. The fourth-order valence-corrected chi connectivity index (χ4v) is 17.8. The van der Waals surface area contributed by atoms with Gasteiger partial charge in [-0.05, 0) is 105 Å². The number of imidazole rings is 1. The highest BCUT2D eigenvalue weighted by molar-refractivity contribution is 8.00. The lowest BCUT2D eigenvalue weighted by molar-refractivity contribution is -0.149. The lowest BCUT2D eigenvalue weighted by Gasteiger charge is -2.36. The second-order valence-corrected chi connectivity index (χ2v) is 37.8. The Hall–Kier alpha value is -13.5. The van der Waals surface area contributed by atoms with Crippen molar-refractivity contribution in [3.8, 4) is 0 Å². The molecule has 0 aliphatic carbocycles. The number of para-hydroxylation sites is 2. The molecule has 2 saturated heterocycles. The first-order valence-electron chi connectivity index (χ1n) is 45.5. The number of aliphatic hydroxyl groups excluding tert-OH is 1. The van der Waals surface area contributed by atoms with E-state index in [4.69, 9.17) is 22.6 Å². The number of ketones is 1. The van der Waals surface area contributed by atoms with Crippen LogP contribution >= 0.6 is 11.8 Å². The van der Waals surface area contributed by atoms with E-state index < -0.39 is 239 Å². The molecule has 2 aliphatic rings. The van der Waals surface area contributed by atoms with Gasteiger partial charge in [-0.1, -0.05) is 109 Å². The van der Waals surface area contributed by atoms with Gasteiger partial charge in [-0.2, -0.15) is 0 Å². The Bertz CT molecular complexity index is 5400. The minimum atomic E-state index is -3.78. The summed E-state index contributed by atoms with van der Waals surface area (Å²) in [7, 11) is 1.43. The second kappa shape index (κ2) is 53.3. The molecule has 2 fully saturated rings. The molecule has 6 aromatic rings. The molecule has 3 aromatic heterocycles. The van der Waals surface area contributed by atoms with Gasteiger partial charge in [-0.25, -0.2) is 13.4 Å². The summed E-state index contributed by atoms with van der Waals surface area (Å²) in [6.45, 7) is 5.88. The lowest BCUT2D eigenvalue weighted by Crippen LogP contribution is -2.61. The van der Waals surface area contributed by atoms with Crippen molar-refractivity contribution in [2.24, 2.45) is 29.0 Å². The molecule has 46 heteroatoms. The van der Waals surface area contributed by atoms with Gasteiger partial charge < -0.3 is 115 Å². The molecule has 0 bridgehead atoms. The Kier molecular flexibility index (Phi) is 43.0. The number of likely N-dealkylation sites (N-methyl/N-ethyl adjacent to an activating group) is 4. The number of anilines is 1. The molecular weight excluding hydrogens is 1830 g/mol. The molecule has 44 nitrogen and oxygen atoms in total. The smallest absolute Gasteiger partial charge is 0.246 e. The zero-order chi connectivity index (χ0) is 101. The minimum absolute atomic E-state index is 0. The quantitative estimate of drug-likeness (QED) is 0.0158. The van der Waals surface area contributed by atoms with Crippen molar-refractivity contribution in [1.29, 1.82) is 5.41 Å². The highest BCUT2D eigenvalue weighted by Gasteiger charge is 2.44. The van der Waals surface area contributed by atoms with Crippen molar-refractivity contribution in [1.82, 2.24) is 97.6 Å². The standard InChI is InChI=1S/C91H130N24O20S2.CH4/c1-11-13-26-72-84(127)103-64(25-19-33-97-91(94)95)81(124)109-71(80(123)100-45-76(93)119)48-136-49-77(120)102-67(36-53-29-31-57(32-30-53)110-137(10,134)135)87(130)112(7)52(5)78(121)105-69(41-75(92)118)89(132)115-34-20-28-73(115)85(128)104-65(40-58-44-96-50-101-58)82(125)106-66(35-51(3)4)86(129)111(6)46-59(117)38-54(37-55-42-98-62-23-17-15-21-60(55)62)79(122)108-70(47-116)83(126)107-68(39-56-43-99-63-24-18-16-22-61(56)63)88(131)114(9)74(27-14-12-2)90(133)113(72)8;/h15-18,21-24,29-32,42-44,50-52,54,64-74,98-99,110,116H,11-14,19-20,25-28,33-41,45-49H2,1-10H3,(H2,92,118)(H2,93,119)(H,96,101)(H,100,123)(H,102,120)(H,103,127)(H,104,128)(H,105,121)(H,106,125)(H,107,126)(H,108,122)(H,109,124)(H4,94,95,97);1H4/t52-,54+,64-,65-,66-,67-,68-,69-,70-,71-,72-,73-,74-;/m0./s1. The molecule has 138 heavy (non-hydrogen) atoms. The molecule has 16 amide bonds. The molecule has 8 rings (SSSR count). The van der Waals surface area contributed by atoms with Crippen molar-refractivity contribution < 1.29 is 95.0 Å². The van der Waals surface area contributed by atoms with Crippen LogP contribution in [-0.2, 0) is 117 Å². The number of rotatable bonds is 28. The van der Waals surface area contributed by atoms with Crippen LogP contribution in [0.2, 0.25) is 0 Å². The van der Waals surface area contributed by atoms with E-state index in [0.29, 0.717) is 69.9 Å². The molecule has 0 spiro atoms. The predicted octanol–water partition coefficient (Wildman–Crippen LogP) is -1.04. The number of fused-ring (bicyclic) bond motifs is 3. The van der Waals surface area contributed by atoms with Gasteiger partial charge in [-0.15, -0.1) is 11.8 Å². The summed E-state index contributed by atoms with van der Waals surface area (Å²) in [5, 5.41) is 46.7. The topological polar surface area (TPSA) is 655 Å². The predicted molar refractivity (Wildman–Crippen MR) is 516 cm³/mol. The Morgan fingerprint density at radius 3 is 1.75 bits per heavy atom. The summed E-state index contributed by atoms with van der Waals surface area (Å²) in [6, 6.07) is 1.31. The van der Waals surface area contributed by atoms with Gasteiger partial charge >= 0.3 is 0 Å². The Morgan fingerprint density at radius 2 is 1.15 bits per heavy atom. The third-order valence-electron chi connectivity index (χ3n) is 23.8. The van der Waals surface area contributed by atoms with E-state index in [1.165, 1.54) is 71.9 Å². The van der Waals surface area contributed by atoms with E-state index in [0.717, 1.165) is 42.5 Å². The fraction of sp³-hybridized carbons (Fsp3) is 0.533. The summed E-state index contributed by atoms with van der Waals surface area (Å²) >= 11 is 0.739.